The van der Waals surface area contributed by atoms with Crippen LogP contribution in [0.4, 0.5) is 0 Å². The first-order valence-corrected chi connectivity index (χ1v) is 10.8. The van der Waals surface area contributed by atoms with Crippen molar-refractivity contribution in [3.05, 3.63) is 24.2 Å². The van der Waals surface area contributed by atoms with Crippen LogP contribution in [-0.2, 0) is 28.6 Å². The Morgan fingerprint density at radius 1 is 1.26 bits per heavy atom. The molecule has 0 radical (unpaired) electrons. The van der Waals surface area contributed by atoms with Gasteiger partial charge in [0.2, 0.25) is 0 Å². The predicted octanol–water partition coefficient (Wildman–Crippen LogP) is 2.79. The van der Waals surface area contributed by atoms with Crippen molar-refractivity contribution in [3.8, 4) is 0 Å². The van der Waals surface area contributed by atoms with Gasteiger partial charge in [-0.2, -0.15) is 0 Å². The minimum absolute atomic E-state index is 0.147. The molecule has 1 aromatic heterocycles. The smallest absolute Gasteiger partial charge is 0.310 e. The number of esters is 3. The van der Waals surface area contributed by atoms with Gasteiger partial charge in [-0.3, -0.25) is 14.4 Å². The molecule has 4 rings (SSSR count). The van der Waals surface area contributed by atoms with Gasteiger partial charge in [-0.25, -0.2) is 0 Å². The van der Waals surface area contributed by atoms with Gasteiger partial charge in [0.1, 0.15) is 12.2 Å². The summed E-state index contributed by atoms with van der Waals surface area (Å²) in [5.74, 6) is -2.61. The van der Waals surface area contributed by atoms with E-state index in [9.17, 15) is 19.5 Å². The number of cyclic esters (lactones) is 1. The molecular formula is C23H30O8. The monoisotopic (exact) mass is 434 g/mol. The van der Waals surface area contributed by atoms with E-state index in [4.69, 9.17) is 18.6 Å². The molecule has 0 amide bonds. The second kappa shape index (κ2) is 7.65. The van der Waals surface area contributed by atoms with Crippen molar-refractivity contribution >= 4 is 17.9 Å². The van der Waals surface area contributed by atoms with Gasteiger partial charge in [-0.1, -0.05) is 13.8 Å². The van der Waals surface area contributed by atoms with Crippen molar-refractivity contribution < 1.29 is 38.1 Å². The number of rotatable bonds is 3. The molecular weight excluding hydrogens is 404 g/mol. The molecule has 2 saturated carbocycles. The number of methoxy groups -OCH3 is 1. The quantitative estimate of drug-likeness (QED) is 0.571. The topological polar surface area (TPSA) is 112 Å². The van der Waals surface area contributed by atoms with Crippen LogP contribution in [0.5, 0.6) is 0 Å². The van der Waals surface area contributed by atoms with E-state index < -0.39 is 52.9 Å². The maximum absolute atomic E-state index is 13.1. The van der Waals surface area contributed by atoms with Crippen LogP contribution >= 0.6 is 0 Å². The van der Waals surface area contributed by atoms with Gasteiger partial charge >= 0.3 is 17.9 Å². The summed E-state index contributed by atoms with van der Waals surface area (Å²) < 4.78 is 21.7. The van der Waals surface area contributed by atoms with Gasteiger partial charge in [-0.15, -0.1) is 0 Å². The Kier molecular flexibility index (Phi) is 5.40. The highest BCUT2D eigenvalue weighted by Gasteiger charge is 2.68. The number of hydrogen-bond acceptors (Lipinski definition) is 8. The Hall–Kier alpha value is -2.35. The van der Waals surface area contributed by atoms with E-state index in [1.807, 2.05) is 13.8 Å². The van der Waals surface area contributed by atoms with Crippen molar-refractivity contribution in [1.82, 2.24) is 0 Å². The molecule has 8 heteroatoms. The second-order valence-corrected chi connectivity index (χ2v) is 9.72. The molecule has 1 saturated heterocycles. The van der Waals surface area contributed by atoms with E-state index in [1.54, 1.807) is 12.3 Å². The van der Waals surface area contributed by atoms with Crippen molar-refractivity contribution in [2.24, 2.45) is 28.6 Å². The number of fused-ring (bicyclic) bond motifs is 3. The Labute approximate surface area is 181 Å². The summed E-state index contributed by atoms with van der Waals surface area (Å²) in [6, 6.07) is 1.76. The third kappa shape index (κ3) is 3.35. The molecule has 0 bridgehead atoms. The Bertz CT molecular complexity index is 863. The molecule has 0 spiro atoms. The Morgan fingerprint density at radius 2 is 2.00 bits per heavy atom. The van der Waals surface area contributed by atoms with Crippen LogP contribution < -0.4 is 0 Å². The molecule has 3 aliphatic rings. The third-order valence-electron chi connectivity index (χ3n) is 8.04. The van der Waals surface area contributed by atoms with E-state index >= 15 is 0 Å². The van der Waals surface area contributed by atoms with Crippen molar-refractivity contribution in [3.63, 3.8) is 0 Å². The van der Waals surface area contributed by atoms with Gasteiger partial charge in [-0.05, 0) is 42.6 Å². The van der Waals surface area contributed by atoms with Crippen LogP contribution in [-0.4, -0.2) is 42.3 Å². The van der Waals surface area contributed by atoms with Crippen molar-refractivity contribution in [2.45, 2.75) is 64.8 Å². The fourth-order valence-corrected chi connectivity index (χ4v) is 6.73. The molecule has 3 fully saturated rings. The summed E-state index contributed by atoms with van der Waals surface area (Å²) in [6.45, 7) is 5.30. The predicted molar refractivity (Wildman–Crippen MR) is 106 cm³/mol. The number of furan rings is 1. The molecule has 8 nitrogen and oxygen atoms in total. The molecule has 2 aliphatic carbocycles. The number of aliphatic hydroxyl groups is 1. The standard InChI is InChI=1S/C23H30O8/c1-12(24)30-18-16(25)9-15(20(26)28-4)22(2)7-5-14-21(27)31-17(13-6-8-29-11-13)10-23(14,3)19(18)22/h6,8,11,14-19,25H,5,7,9-10H2,1-4H3/t14-,15-,16-,17-,18?,19?,22-,23-/m0/s1. The van der Waals surface area contributed by atoms with Crippen LogP contribution in [0.25, 0.3) is 0 Å². The van der Waals surface area contributed by atoms with Crippen LogP contribution in [0, 0.1) is 28.6 Å². The SMILES string of the molecule is COC(=O)[C@@H]1C[C@H](O)C(OC(C)=O)C2[C@@]1(C)CC[C@H]1C(=O)O[C@H](c3ccoc3)C[C@]21C. The number of aliphatic hydroxyl groups excluding tert-OH is 1. The van der Waals surface area contributed by atoms with Crippen LogP contribution in [0.1, 0.15) is 58.1 Å². The number of ether oxygens (including phenoxy) is 3. The molecule has 1 aliphatic heterocycles. The zero-order valence-electron chi connectivity index (χ0n) is 18.3. The van der Waals surface area contributed by atoms with Crippen LogP contribution in [0.3, 0.4) is 0 Å². The highest BCUT2D eigenvalue weighted by atomic mass is 16.6. The molecule has 31 heavy (non-hydrogen) atoms. The maximum Gasteiger partial charge on any atom is 0.310 e. The molecule has 2 unspecified atom stereocenters. The Morgan fingerprint density at radius 3 is 2.61 bits per heavy atom. The number of carbonyl (C=O) groups excluding carboxylic acids is 3. The Balaban J connectivity index is 1.82. The normalized spacial score (nSPS) is 42.0. The average molecular weight is 434 g/mol. The number of carbonyl (C=O) groups is 3. The molecule has 8 atom stereocenters. The van der Waals surface area contributed by atoms with Crippen LogP contribution in [0.2, 0.25) is 0 Å². The van der Waals surface area contributed by atoms with Gasteiger partial charge in [0, 0.05) is 18.4 Å². The van der Waals surface area contributed by atoms with E-state index in [0.29, 0.717) is 19.3 Å². The first-order chi connectivity index (χ1) is 14.6. The minimum atomic E-state index is -1.04. The van der Waals surface area contributed by atoms with E-state index in [2.05, 4.69) is 0 Å². The number of hydrogen-bond donors (Lipinski definition) is 1. The first kappa shape index (κ1) is 21.9. The van der Waals surface area contributed by atoms with Crippen LogP contribution in [0.15, 0.2) is 23.0 Å². The fourth-order valence-electron chi connectivity index (χ4n) is 6.73. The highest BCUT2D eigenvalue weighted by Crippen LogP contribution is 2.66. The second-order valence-electron chi connectivity index (χ2n) is 9.72. The molecule has 1 N–H and O–H groups in total. The lowest BCUT2D eigenvalue weighted by Gasteiger charge is -2.63. The lowest BCUT2D eigenvalue weighted by Crippen LogP contribution is -2.66. The molecule has 1 aromatic rings. The zero-order valence-corrected chi connectivity index (χ0v) is 18.3. The summed E-state index contributed by atoms with van der Waals surface area (Å²) in [5, 5.41) is 11.0. The van der Waals surface area contributed by atoms with E-state index in [1.165, 1.54) is 20.3 Å². The summed E-state index contributed by atoms with van der Waals surface area (Å²) in [7, 11) is 1.34. The van der Waals surface area contributed by atoms with Gasteiger partial charge in [0.05, 0.1) is 37.6 Å². The fraction of sp³-hybridized carbons (Fsp3) is 0.696. The van der Waals surface area contributed by atoms with Gasteiger partial charge < -0.3 is 23.7 Å². The molecule has 170 valence electrons. The zero-order chi connectivity index (χ0) is 22.6. The van der Waals surface area contributed by atoms with Crippen molar-refractivity contribution in [2.75, 3.05) is 7.11 Å². The van der Waals surface area contributed by atoms with Crippen molar-refractivity contribution in [1.29, 1.82) is 0 Å². The summed E-state index contributed by atoms with van der Waals surface area (Å²) in [6.07, 6.45) is 2.45. The average Bonchev–Trinajstić information content (AvgIpc) is 3.23. The third-order valence-corrected chi connectivity index (χ3v) is 8.04. The molecule has 0 aromatic carbocycles. The highest BCUT2D eigenvalue weighted by molar-refractivity contribution is 5.76. The largest absolute Gasteiger partial charge is 0.472 e. The minimum Gasteiger partial charge on any atom is -0.472 e. The summed E-state index contributed by atoms with van der Waals surface area (Å²) >= 11 is 0. The molecule has 2 heterocycles. The van der Waals surface area contributed by atoms with E-state index in [-0.39, 0.29) is 18.4 Å². The first-order valence-electron chi connectivity index (χ1n) is 10.8. The lowest BCUT2D eigenvalue weighted by atomic mass is 9.42. The van der Waals surface area contributed by atoms with E-state index in [0.717, 1.165) is 5.56 Å². The van der Waals surface area contributed by atoms with Gasteiger partial charge in [0.15, 0.2) is 0 Å². The van der Waals surface area contributed by atoms with Gasteiger partial charge in [0.25, 0.3) is 0 Å². The lowest BCUT2D eigenvalue weighted by molar-refractivity contribution is -0.242. The maximum atomic E-state index is 13.1. The summed E-state index contributed by atoms with van der Waals surface area (Å²) in [4.78, 5) is 37.8. The summed E-state index contributed by atoms with van der Waals surface area (Å²) in [5.41, 5.74) is -0.529.